The zero-order chi connectivity index (χ0) is 15.9. The number of hydrogen-bond donors (Lipinski definition) is 3. The van der Waals surface area contributed by atoms with Crippen LogP contribution >= 0.6 is 0 Å². The molecule has 1 saturated carbocycles. The topological polar surface area (TPSA) is 97.1 Å². The van der Waals surface area contributed by atoms with Crippen molar-refractivity contribution in [2.45, 2.75) is 18.9 Å². The van der Waals surface area contributed by atoms with Crippen LogP contribution in [0.4, 0.5) is 10.1 Å². The maximum Gasteiger partial charge on any atom is 0.255 e. The summed E-state index contributed by atoms with van der Waals surface area (Å²) >= 11 is 0. The van der Waals surface area contributed by atoms with Gasteiger partial charge in [0.05, 0.1) is 22.3 Å². The van der Waals surface area contributed by atoms with Gasteiger partial charge in [-0.2, -0.15) is 0 Å². The summed E-state index contributed by atoms with van der Waals surface area (Å²) in [5.74, 6) is -1.84. The van der Waals surface area contributed by atoms with Crippen molar-refractivity contribution in [3.05, 3.63) is 35.3 Å². The average Bonchev–Trinajstić information content (AvgIpc) is 3.28. The highest BCUT2D eigenvalue weighted by molar-refractivity contribution is 6.08. The largest absolute Gasteiger partial charge is 0.387 e. The Morgan fingerprint density at radius 2 is 2.05 bits per heavy atom. The van der Waals surface area contributed by atoms with Crippen LogP contribution in [0.2, 0.25) is 0 Å². The summed E-state index contributed by atoms with van der Waals surface area (Å²) < 4.78 is 13.8. The SMILES string of the molecule is CNc1c(C(=O)NC2CC2)cnc2cc(F)c(C(N)=O)cc12. The van der Waals surface area contributed by atoms with Gasteiger partial charge in [0.2, 0.25) is 0 Å². The lowest BCUT2D eigenvalue weighted by Crippen LogP contribution is -2.26. The molecule has 1 aliphatic rings. The van der Waals surface area contributed by atoms with E-state index in [4.69, 9.17) is 5.73 Å². The van der Waals surface area contributed by atoms with Crippen LogP contribution in [-0.2, 0) is 0 Å². The summed E-state index contributed by atoms with van der Waals surface area (Å²) in [6, 6.07) is 2.67. The molecular formula is C15H15FN4O2. The maximum atomic E-state index is 13.8. The normalized spacial score (nSPS) is 13.9. The summed E-state index contributed by atoms with van der Waals surface area (Å²) in [6.07, 6.45) is 3.34. The average molecular weight is 302 g/mol. The Labute approximate surface area is 125 Å². The Morgan fingerprint density at radius 1 is 1.32 bits per heavy atom. The summed E-state index contributed by atoms with van der Waals surface area (Å²) in [7, 11) is 1.65. The summed E-state index contributed by atoms with van der Waals surface area (Å²) in [5.41, 5.74) is 6.12. The van der Waals surface area contributed by atoms with Gasteiger partial charge in [-0.1, -0.05) is 0 Å². The number of carbonyl (C=O) groups excluding carboxylic acids is 2. The molecule has 1 heterocycles. The number of nitrogens with one attached hydrogen (secondary N) is 2. The number of aromatic nitrogens is 1. The fourth-order valence-electron chi connectivity index (χ4n) is 2.33. The zero-order valence-electron chi connectivity index (χ0n) is 11.9. The molecule has 1 fully saturated rings. The van der Waals surface area contributed by atoms with E-state index in [9.17, 15) is 14.0 Å². The lowest BCUT2D eigenvalue weighted by Gasteiger charge is -2.13. The van der Waals surface area contributed by atoms with Crippen LogP contribution in [0.25, 0.3) is 10.9 Å². The van der Waals surface area contributed by atoms with E-state index in [0.717, 1.165) is 18.9 Å². The molecule has 6 nitrogen and oxygen atoms in total. The van der Waals surface area contributed by atoms with Crippen molar-refractivity contribution in [3.8, 4) is 0 Å². The quantitative estimate of drug-likeness (QED) is 0.795. The molecule has 22 heavy (non-hydrogen) atoms. The molecule has 2 amide bonds. The number of pyridine rings is 1. The molecule has 1 aromatic carbocycles. The third-order valence-electron chi connectivity index (χ3n) is 3.63. The fraction of sp³-hybridized carbons (Fsp3) is 0.267. The number of primary amides is 1. The van der Waals surface area contributed by atoms with Crippen molar-refractivity contribution < 1.29 is 14.0 Å². The van der Waals surface area contributed by atoms with E-state index in [1.807, 2.05) is 0 Å². The molecule has 0 atom stereocenters. The molecule has 7 heteroatoms. The highest BCUT2D eigenvalue weighted by atomic mass is 19.1. The van der Waals surface area contributed by atoms with Gasteiger partial charge in [-0.3, -0.25) is 14.6 Å². The second-order valence-electron chi connectivity index (χ2n) is 5.26. The number of carbonyl (C=O) groups is 2. The van der Waals surface area contributed by atoms with Crippen molar-refractivity contribution in [3.63, 3.8) is 0 Å². The summed E-state index contributed by atoms with van der Waals surface area (Å²) in [6.45, 7) is 0. The zero-order valence-corrected chi connectivity index (χ0v) is 11.9. The number of rotatable bonds is 4. The smallest absolute Gasteiger partial charge is 0.255 e. The Kier molecular flexibility index (Phi) is 3.40. The first kappa shape index (κ1) is 14.2. The number of benzene rings is 1. The van der Waals surface area contributed by atoms with Crippen molar-refractivity contribution >= 4 is 28.4 Å². The van der Waals surface area contributed by atoms with Gasteiger partial charge in [0, 0.05) is 30.7 Å². The molecule has 1 aliphatic carbocycles. The molecule has 2 aromatic rings. The molecule has 0 radical (unpaired) electrons. The first-order chi connectivity index (χ1) is 10.5. The molecule has 0 saturated heterocycles. The Hall–Kier alpha value is -2.70. The lowest BCUT2D eigenvalue weighted by molar-refractivity contribution is 0.0950. The predicted molar refractivity (Wildman–Crippen MR) is 80.3 cm³/mol. The highest BCUT2D eigenvalue weighted by Crippen LogP contribution is 2.29. The van der Waals surface area contributed by atoms with Crippen LogP contribution in [0.15, 0.2) is 18.3 Å². The number of hydrogen-bond acceptors (Lipinski definition) is 4. The van der Waals surface area contributed by atoms with Gasteiger partial charge in [-0.25, -0.2) is 4.39 Å². The molecule has 0 spiro atoms. The van der Waals surface area contributed by atoms with Crippen LogP contribution in [0.5, 0.6) is 0 Å². The van der Waals surface area contributed by atoms with E-state index in [0.29, 0.717) is 22.2 Å². The first-order valence-electron chi connectivity index (χ1n) is 6.92. The Morgan fingerprint density at radius 3 is 2.64 bits per heavy atom. The van der Waals surface area contributed by atoms with Crippen LogP contribution in [0.3, 0.4) is 0 Å². The minimum absolute atomic E-state index is 0.210. The van der Waals surface area contributed by atoms with Crippen LogP contribution in [0, 0.1) is 5.82 Å². The Balaban J connectivity index is 2.16. The molecule has 0 bridgehead atoms. The van der Waals surface area contributed by atoms with E-state index >= 15 is 0 Å². The van der Waals surface area contributed by atoms with Gasteiger partial charge in [0.25, 0.3) is 11.8 Å². The minimum Gasteiger partial charge on any atom is -0.387 e. The second kappa shape index (κ2) is 5.25. The van der Waals surface area contributed by atoms with E-state index in [-0.39, 0.29) is 17.5 Å². The minimum atomic E-state index is -0.866. The van der Waals surface area contributed by atoms with Gasteiger partial charge in [-0.15, -0.1) is 0 Å². The summed E-state index contributed by atoms with van der Waals surface area (Å²) in [5, 5.41) is 6.27. The number of anilines is 1. The lowest BCUT2D eigenvalue weighted by atomic mass is 10.0. The van der Waals surface area contributed by atoms with Gasteiger partial charge in [0.1, 0.15) is 5.82 Å². The van der Waals surface area contributed by atoms with Crippen LogP contribution < -0.4 is 16.4 Å². The maximum absolute atomic E-state index is 13.8. The number of fused-ring (bicyclic) bond motifs is 1. The first-order valence-corrected chi connectivity index (χ1v) is 6.92. The fourth-order valence-corrected chi connectivity index (χ4v) is 2.33. The Bertz CT molecular complexity index is 787. The molecule has 0 aliphatic heterocycles. The standard InChI is InChI=1S/C15H15FN4O2/c1-18-13-9-4-8(14(17)21)11(16)5-12(9)19-6-10(13)15(22)20-7-2-3-7/h4-7H,2-3H2,1H3,(H2,17,21)(H,18,19)(H,20,22). The molecule has 3 rings (SSSR count). The van der Waals surface area contributed by atoms with Gasteiger partial charge < -0.3 is 16.4 Å². The number of nitrogens with two attached hydrogens (primary N) is 1. The summed E-state index contributed by atoms with van der Waals surface area (Å²) in [4.78, 5) is 27.7. The second-order valence-corrected chi connectivity index (χ2v) is 5.26. The third-order valence-corrected chi connectivity index (χ3v) is 3.63. The molecule has 0 unspecified atom stereocenters. The van der Waals surface area contributed by atoms with E-state index in [1.165, 1.54) is 12.3 Å². The number of amides is 2. The van der Waals surface area contributed by atoms with E-state index in [1.54, 1.807) is 7.05 Å². The van der Waals surface area contributed by atoms with Gasteiger partial charge >= 0.3 is 0 Å². The third kappa shape index (κ3) is 2.45. The molecule has 114 valence electrons. The van der Waals surface area contributed by atoms with Crippen LogP contribution in [0.1, 0.15) is 33.6 Å². The number of nitrogens with zero attached hydrogens (tertiary/aromatic N) is 1. The van der Waals surface area contributed by atoms with Crippen molar-refractivity contribution in [2.75, 3.05) is 12.4 Å². The highest BCUT2D eigenvalue weighted by Gasteiger charge is 2.26. The molecule has 4 N–H and O–H groups in total. The van der Waals surface area contributed by atoms with Gasteiger partial charge in [0.15, 0.2) is 0 Å². The van der Waals surface area contributed by atoms with Crippen molar-refractivity contribution in [2.24, 2.45) is 5.73 Å². The van der Waals surface area contributed by atoms with Gasteiger partial charge in [-0.05, 0) is 18.9 Å². The molecule has 1 aromatic heterocycles. The van der Waals surface area contributed by atoms with Crippen molar-refractivity contribution in [1.29, 1.82) is 0 Å². The monoisotopic (exact) mass is 302 g/mol. The van der Waals surface area contributed by atoms with Crippen molar-refractivity contribution in [1.82, 2.24) is 10.3 Å². The predicted octanol–water partition coefficient (Wildman–Crippen LogP) is 1.41. The van der Waals surface area contributed by atoms with E-state index < -0.39 is 11.7 Å². The van der Waals surface area contributed by atoms with E-state index in [2.05, 4.69) is 15.6 Å². The van der Waals surface area contributed by atoms with Crippen LogP contribution in [-0.4, -0.2) is 29.9 Å². The number of halogens is 1. The molecular weight excluding hydrogens is 287 g/mol.